The lowest BCUT2D eigenvalue weighted by molar-refractivity contribution is 0.110. The van der Waals surface area contributed by atoms with E-state index in [2.05, 4.69) is 24.4 Å². The van der Waals surface area contributed by atoms with Crippen molar-refractivity contribution in [2.75, 3.05) is 20.3 Å². The van der Waals surface area contributed by atoms with Crippen molar-refractivity contribution in [3.8, 4) is 11.5 Å². The average Bonchev–Trinajstić information content (AvgIpc) is 3.14. The molecule has 0 radical (unpaired) electrons. The second-order valence-electron chi connectivity index (χ2n) is 6.65. The third-order valence-electron chi connectivity index (χ3n) is 4.48. The van der Waals surface area contributed by atoms with Crippen LogP contribution in [0.1, 0.15) is 29.5 Å². The van der Waals surface area contributed by atoms with Gasteiger partial charge in [0.2, 0.25) is 0 Å². The Balaban J connectivity index is 1.62. The van der Waals surface area contributed by atoms with Gasteiger partial charge in [0, 0.05) is 19.7 Å². The summed E-state index contributed by atoms with van der Waals surface area (Å²) in [5, 5.41) is 3.99. The maximum absolute atomic E-state index is 6.46. The Hall–Kier alpha value is -1.75. The van der Waals surface area contributed by atoms with Gasteiger partial charge in [0.25, 0.3) is 0 Å². The van der Waals surface area contributed by atoms with Crippen molar-refractivity contribution in [1.82, 2.24) is 5.32 Å². The zero-order valence-electron chi connectivity index (χ0n) is 15.4. The molecule has 0 aromatic heterocycles. The highest BCUT2D eigenvalue weighted by atomic mass is 35.5. The molecule has 0 amide bonds. The first-order valence-electron chi connectivity index (χ1n) is 9.03. The third-order valence-corrected chi connectivity index (χ3v) is 4.76. The summed E-state index contributed by atoms with van der Waals surface area (Å²) < 4.78 is 17.1. The summed E-state index contributed by atoms with van der Waals surface area (Å²) >= 11 is 6.46. The number of rotatable bonds is 8. The molecule has 0 unspecified atom stereocenters. The monoisotopic (exact) mass is 375 g/mol. The Morgan fingerprint density at radius 1 is 1.23 bits per heavy atom. The zero-order valence-corrected chi connectivity index (χ0v) is 16.1. The Kier molecular flexibility index (Phi) is 6.78. The molecular formula is C21H26ClNO3. The van der Waals surface area contributed by atoms with Crippen molar-refractivity contribution in [3.05, 3.63) is 58.1 Å². The fraction of sp³-hybridized carbons (Fsp3) is 0.429. The standard InChI is InChI=1S/C21H26ClNO3/c1-15-5-3-6-16(9-15)14-26-21-19(22)10-17(11-20(21)24-2)12-23-13-18-7-4-8-25-18/h3,5-6,9-11,18,23H,4,7-8,12-14H2,1-2H3/t18-/m1/s1. The molecule has 1 saturated heterocycles. The molecule has 0 aliphatic carbocycles. The molecule has 1 N–H and O–H groups in total. The number of ether oxygens (including phenoxy) is 3. The lowest BCUT2D eigenvalue weighted by Gasteiger charge is -2.15. The summed E-state index contributed by atoms with van der Waals surface area (Å²) in [7, 11) is 1.63. The van der Waals surface area contributed by atoms with Crippen LogP contribution in [0.5, 0.6) is 11.5 Å². The molecule has 5 heteroatoms. The molecule has 1 fully saturated rings. The van der Waals surface area contributed by atoms with Gasteiger partial charge in [-0.2, -0.15) is 0 Å². The topological polar surface area (TPSA) is 39.7 Å². The van der Waals surface area contributed by atoms with E-state index in [0.29, 0.717) is 35.8 Å². The van der Waals surface area contributed by atoms with Gasteiger partial charge >= 0.3 is 0 Å². The molecule has 1 atom stereocenters. The van der Waals surface area contributed by atoms with Crippen LogP contribution in [0.15, 0.2) is 36.4 Å². The van der Waals surface area contributed by atoms with Gasteiger partial charge in [-0.1, -0.05) is 41.4 Å². The van der Waals surface area contributed by atoms with Crippen LogP contribution in [-0.4, -0.2) is 26.4 Å². The normalized spacial score (nSPS) is 16.7. The molecule has 0 saturated carbocycles. The summed E-state index contributed by atoms with van der Waals surface area (Å²) in [6.07, 6.45) is 2.60. The van der Waals surface area contributed by atoms with Crippen molar-refractivity contribution >= 4 is 11.6 Å². The summed E-state index contributed by atoms with van der Waals surface area (Å²) in [5.41, 5.74) is 3.37. The number of hydrogen-bond donors (Lipinski definition) is 1. The van der Waals surface area contributed by atoms with E-state index in [4.69, 9.17) is 25.8 Å². The minimum absolute atomic E-state index is 0.323. The summed E-state index contributed by atoms with van der Waals surface area (Å²) in [6, 6.07) is 12.1. The molecule has 1 aliphatic rings. The quantitative estimate of drug-likeness (QED) is 0.737. The highest BCUT2D eigenvalue weighted by molar-refractivity contribution is 6.32. The predicted molar refractivity (Wildman–Crippen MR) is 104 cm³/mol. The maximum Gasteiger partial charge on any atom is 0.180 e. The molecule has 2 aromatic rings. The highest BCUT2D eigenvalue weighted by Gasteiger charge is 2.16. The molecule has 2 aromatic carbocycles. The largest absolute Gasteiger partial charge is 0.493 e. The van der Waals surface area contributed by atoms with Gasteiger partial charge in [0.1, 0.15) is 6.61 Å². The molecule has 3 rings (SSSR count). The fourth-order valence-electron chi connectivity index (χ4n) is 3.16. The van der Waals surface area contributed by atoms with Gasteiger partial charge in [0.15, 0.2) is 11.5 Å². The summed E-state index contributed by atoms with van der Waals surface area (Å²) in [4.78, 5) is 0. The van der Waals surface area contributed by atoms with Crippen LogP contribution in [0.4, 0.5) is 0 Å². The van der Waals surface area contributed by atoms with Crippen LogP contribution >= 0.6 is 11.6 Å². The first-order valence-corrected chi connectivity index (χ1v) is 9.40. The van der Waals surface area contributed by atoms with Gasteiger partial charge in [-0.15, -0.1) is 0 Å². The molecule has 0 spiro atoms. The Labute approximate surface area is 160 Å². The van der Waals surface area contributed by atoms with E-state index >= 15 is 0 Å². The average molecular weight is 376 g/mol. The van der Waals surface area contributed by atoms with E-state index < -0.39 is 0 Å². The highest BCUT2D eigenvalue weighted by Crippen LogP contribution is 2.37. The SMILES string of the molecule is COc1cc(CNC[C@H]2CCCO2)cc(Cl)c1OCc1cccc(C)c1. The van der Waals surface area contributed by atoms with Crippen LogP contribution in [0, 0.1) is 6.92 Å². The van der Waals surface area contributed by atoms with Crippen LogP contribution in [-0.2, 0) is 17.9 Å². The van der Waals surface area contributed by atoms with Crippen molar-refractivity contribution in [2.45, 2.75) is 39.0 Å². The predicted octanol–water partition coefficient (Wildman–Crippen LogP) is 4.50. The minimum atomic E-state index is 0.323. The van der Waals surface area contributed by atoms with Crippen LogP contribution in [0.25, 0.3) is 0 Å². The Morgan fingerprint density at radius 2 is 2.12 bits per heavy atom. The maximum atomic E-state index is 6.46. The van der Waals surface area contributed by atoms with E-state index in [9.17, 15) is 0 Å². The lowest BCUT2D eigenvalue weighted by Crippen LogP contribution is -2.25. The van der Waals surface area contributed by atoms with E-state index in [1.54, 1.807) is 7.11 Å². The van der Waals surface area contributed by atoms with E-state index in [0.717, 1.165) is 37.1 Å². The molecular weight excluding hydrogens is 350 g/mol. The zero-order chi connectivity index (χ0) is 18.4. The third kappa shape index (κ3) is 5.13. The minimum Gasteiger partial charge on any atom is -0.493 e. The van der Waals surface area contributed by atoms with Gasteiger partial charge < -0.3 is 19.5 Å². The second kappa shape index (κ2) is 9.26. The molecule has 4 nitrogen and oxygen atoms in total. The van der Waals surface area contributed by atoms with Crippen molar-refractivity contribution in [1.29, 1.82) is 0 Å². The summed E-state index contributed by atoms with van der Waals surface area (Å²) in [5.74, 6) is 1.23. The van der Waals surface area contributed by atoms with Gasteiger partial charge in [-0.3, -0.25) is 0 Å². The molecule has 0 bridgehead atoms. The van der Waals surface area contributed by atoms with Crippen LogP contribution in [0.3, 0.4) is 0 Å². The summed E-state index contributed by atoms with van der Waals surface area (Å²) in [6.45, 7) is 4.96. The number of aryl methyl sites for hydroxylation is 1. The van der Waals surface area contributed by atoms with Gasteiger partial charge in [-0.05, 0) is 43.0 Å². The fourth-order valence-corrected chi connectivity index (χ4v) is 3.44. The Bertz CT molecular complexity index is 729. The number of nitrogens with one attached hydrogen (secondary N) is 1. The molecule has 140 valence electrons. The Morgan fingerprint density at radius 3 is 2.85 bits per heavy atom. The second-order valence-corrected chi connectivity index (χ2v) is 7.06. The number of hydrogen-bond acceptors (Lipinski definition) is 4. The van der Waals surface area contributed by atoms with Gasteiger partial charge in [0.05, 0.1) is 18.2 Å². The van der Waals surface area contributed by atoms with Crippen molar-refractivity contribution < 1.29 is 14.2 Å². The molecule has 1 aliphatic heterocycles. The molecule has 1 heterocycles. The van der Waals surface area contributed by atoms with E-state index in [1.165, 1.54) is 5.56 Å². The van der Waals surface area contributed by atoms with Crippen molar-refractivity contribution in [3.63, 3.8) is 0 Å². The number of halogens is 1. The lowest BCUT2D eigenvalue weighted by atomic mass is 10.1. The number of methoxy groups -OCH3 is 1. The van der Waals surface area contributed by atoms with Crippen LogP contribution < -0.4 is 14.8 Å². The first-order chi connectivity index (χ1) is 12.7. The molecule has 26 heavy (non-hydrogen) atoms. The van der Waals surface area contributed by atoms with Crippen LogP contribution in [0.2, 0.25) is 5.02 Å². The number of benzene rings is 2. The van der Waals surface area contributed by atoms with E-state index in [1.807, 2.05) is 24.3 Å². The van der Waals surface area contributed by atoms with Gasteiger partial charge in [-0.25, -0.2) is 0 Å². The first kappa shape index (κ1) is 19.0. The smallest absolute Gasteiger partial charge is 0.180 e. The van der Waals surface area contributed by atoms with E-state index in [-0.39, 0.29) is 0 Å². The van der Waals surface area contributed by atoms with Crippen molar-refractivity contribution in [2.24, 2.45) is 0 Å².